The highest BCUT2D eigenvalue weighted by Gasteiger charge is 2.26. The van der Waals surface area contributed by atoms with Gasteiger partial charge in [-0.3, -0.25) is 14.3 Å². The van der Waals surface area contributed by atoms with Crippen molar-refractivity contribution in [3.63, 3.8) is 0 Å². The van der Waals surface area contributed by atoms with Crippen LogP contribution in [0.4, 0.5) is 26.1 Å². The number of fused-ring (bicyclic) bond motifs is 1. The lowest BCUT2D eigenvalue weighted by Gasteiger charge is -2.12. The Bertz CT molecular complexity index is 1490. The van der Waals surface area contributed by atoms with E-state index < -0.39 is 28.9 Å². The Balaban J connectivity index is 1.71. The summed E-state index contributed by atoms with van der Waals surface area (Å²) in [5.74, 6) is -3.52. The minimum Gasteiger partial charge on any atom is -0.494 e. The number of rotatable bonds is 8. The number of nitrogens with one attached hydrogen (secondary N) is 2. The summed E-state index contributed by atoms with van der Waals surface area (Å²) < 4.78 is 41.0. The van der Waals surface area contributed by atoms with Crippen LogP contribution in [0.1, 0.15) is 15.9 Å². The number of ether oxygens (including phenoxy) is 2. The molecule has 0 saturated carbocycles. The van der Waals surface area contributed by atoms with Gasteiger partial charge in [0.05, 0.1) is 25.9 Å². The summed E-state index contributed by atoms with van der Waals surface area (Å²) in [7, 11) is 4.09. The first-order valence-electron chi connectivity index (χ1n) is 10.5. The van der Waals surface area contributed by atoms with Gasteiger partial charge < -0.3 is 20.1 Å². The SMILES string of the molecule is C=CC(=O)Nc1cn(C)nc1Nc1ccc2ccc(C(=O)c3c(F)c(OC)cc(OC)c3F)cc2n1. The van der Waals surface area contributed by atoms with E-state index >= 15 is 0 Å². The third-order valence-corrected chi connectivity index (χ3v) is 5.27. The van der Waals surface area contributed by atoms with Gasteiger partial charge in [0.2, 0.25) is 5.91 Å². The van der Waals surface area contributed by atoms with Gasteiger partial charge in [-0.05, 0) is 24.3 Å². The van der Waals surface area contributed by atoms with E-state index in [0.717, 1.165) is 12.1 Å². The van der Waals surface area contributed by atoms with Crippen molar-refractivity contribution >= 4 is 39.9 Å². The molecule has 0 unspecified atom stereocenters. The molecule has 2 N–H and O–H groups in total. The number of hydrogen-bond acceptors (Lipinski definition) is 7. The fourth-order valence-corrected chi connectivity index (χ4v) is 3.53. The lowest BCUT2D eigenvalue weighted by atomic mass is 10.00. The number of halogens is 2. The Hall–Kier alpha value is -4.80. The van der Waals surface area contributed by atoms with Crippen LogP contribution in [0.5, 0.6) is 11.5 Å². The van der Waals surface area contributed by atoms with Crippen molar-refractivity contribution in [3.05, 3.63) is 78.0 Å². The second-order valence-corrected chi connectivity index (χ2v) is 7.60. The van der Waals surface area contributed by atoms with Crippen molar-refractivity contribution in [1.29, 1.82) is 0 Å². The highest BCUT2D eigenvalue weighted by Crippen LogP contribution is 2.33. The van der Waals surface area contributed by atoms with E-state index in [2.05, 4.69) is 27.3 Å². The molecule has 4 rings (SSSR count). The van der Waals surface area contributed by atoms with Crippen molar-refractivity contribution in [2.75, 3.05) is 24.9 Å². The molecule has 0 saturated heterocycles. The zero-order valence-corrected chi connectivity index (χ0v) is 19.6. The van der Waals surface area contributed by atoms with Crippen molar-refractivity contribution in [3.8, 4) is 11.5 Å². The van der Waals surface area contributed by atoms with Crippen molar-refractivity contribution < 1.29 is 27.8 Å². The predicted octanol–water partition coefficient (Wildman–Crippen LogP) is 4.36. The summed E-state index contributed by atoms with van der Waals surface area (Å²) in [6, 6.07) is 8.95. The van der Waals surface area contributed by atoms with E-state index in [4.69, 9.17) is 9.47 Å². The molecular weight excluding hydrogens is 472 g/mol. The minimum atomic E-state index is -1.13. The number of aryl methyl sites for hydroxylation is 1. The molecule has 2 heterocycles. The maximum Gasteiger partial charge on any atom is 0.247 e. The summed E-state index contributed by atoms with van der Waals surface area (Å²) in [6.07, 6.45) is 2.74. The van der Waals surface area contributed by atoms with Gasteiger partial charge in [0, 0.05) is 24.1 Å². The second kappa shape index (κ2) is 9.82. The largest absolute Gasteiger partial charge is 0.494 e. The summed E-state index contributed by atoms with van der Waals surface area (Å²) >= 11 is 0. The fourth-order valence-electron chi connectivity index (χ4n) is 3.53. The van der Waals surface area contributed by atoms with Crippen LogP contribution in [-0.2, 0) is 11.8 Å². The molecule has 0 bridgehead atoms. The fraction of sp³-hybridized carbons (Fsp3) is 0.120. The van der Waals surface area contributed by atoms with E-state index in [-0.39, 0.29) is 17.1 Å². The molecule has 0 atom stereocenters. The predicted molar refractivity (Wildman–Crippen MR) is 130 cm³/mol. The lowest BCUT2D eigenvalue weighted by molar-refractivity contribution is -0.111. The monoisotopic (exact) mass is 493 g/mol. The lowest BCUT2D eigenvalue weighted by Crippen LogP contribution is -2.10. The maximum absolute atomic E-state index is 14.9. The summed E-state index contributed by atoms with van der Waals surface area (Å²) in [5, 5.41) is 10.6. The average molecular weight is 493 g/mol. The first-order valence-corrected chi connectivity index (χ1v) is 10.5. The Labute approximate surface area is 204 Å². The van der Waals surface area contributed by atoms with Crippen molar-refractivity contribution in [1.82, 2.24) is 14.8 Å². The molecule has 0 aliphatic rings. The van der Waals surface area contributed by atoms with Crippen LogP contribution in [0, 0.1) is 11.6 Å². The first kappa shape index (κ1) is 24.3. The van der Waals surface area contributed by atoms with E-state index in [1.54, 1.807) is 31.4 Å². The van der Waals surface area contributed by atoms with Crippen LogP contribution in [0.25, 0.3) is 10.9 Å². The zero-order valence-electron chi connectivity index (χ0n) is 19.6. The Morgan fingerprint density at radius 2 is 1.72 bits per heavy atom. The number of benzene rings is 2. The maximum atomic E-state index is 14.9. The van der Waals surface area contributed by atoms with E-state index in [9.17, 15) is 18.4 Å². The summed E-state index contributed by atoms with van der Waals surface area (Å²) in [5.41, 5.74) is 0.00762. The Morgan fingerprint density at radius 1 is 1.06 bits per heavy atom. The topological polar surface area (TPSA) is 107 Å². The molecule has 4 aromatic rings. The first-order chi connectivity index (χ1) is 17.2. The number of nitrogens with zero attached hydrogens (tertiary/aromatic N) is 3. The molecule has 2 aromatic carbocycles. The number of ketones is 1. The number of amides is 1. The molecule has 11 heteroatoms. The zero-order chi connectivity index (χ0) is 26.0. The number of carbonyl (C=O) groups is 2. The Morgan fingerprint density at radius 3 is 2.36 bits per heavy atom. The molecule has 0 spiro atoms. The molecule has 0 fully saturated rings. The van der Waals surface area contributed by atoms with Crippen LogP contribution >= 0.6 is 0 Å². The third kappa shape index (κ3) is 4.58. The number of methoxy groups -OCH3 is 2. The molecular formula is C25H21F2N5O4. The van der Waals surface area contributed by atoms with E-state index in [1.807, 2.05) is 0 Å². The number of pyridine rings is 1. The molecule has 9 nitrogen and oxygen atoms in total. The van der Waals surface area contributed by atoms with Crippen LogP contribution in [0.3, 0.4) is 0 Å². The van der Waals surface area contributed by atoms with Gasteiger partial charge in [-0.1, -0.05) is 18.7 Å². The van der Waals surface area contributed by atoms with E-state index in [1.165, 1.54) is 31.0 Å². The van der Waals surface area contributed by atoms with Gasteiger partial charge in [-0.25, -0.2) is 13.8 Å². The summed E-state index contributed by atoms with van der Waals surface area (Å²) in [6.45, 7) is 3.43. The average Bonchev–Trinajstić information content (AvgIpc) is 3.21. The molecule has 0 aliphatic heterocycles. The number of hydrogen-bond donors (Lipinski definition) is 2. The van der Waals surface area contributed by atoms with Gasteiger partial charge >= 0.3 is 0 Å². The van der Waals surface area contributed by atoms with Gasteiger partial charge in [0.25, 0.3) is 0 Å². The van der Waals surface area contributed by atoms with Crippen LogP contribution < -0.4 is 20.1 Å². The highest BCUT2D eigenvalue weighted by molar-refractivity contribution is 6.11. The minimum absolute atomic E-state index is 0.0111. The number of carbonyl (C=O) groups excluding carboxylic acids is 2. The molecule has 1 amide bonds. The van der Waals surface area contributed by atoms with Gasteiger partial charge in [0.15, 0.2) is 34.7 Å². The highest BCUT2D eigenvalue weighted by atomic mass is 19.1. The molecule has 184 valence electrons. The van der Waals surface area contributed by atoms with Crippen molar-refractivity contribution in [2.24, 2.45) is 7.05 Å². The summed E-state index contributed by atoms with van der Waals surface area (Å²) in [4.78, 5) is 29.3. The van der Waals surface area contributed by atoms with Crippen molar-refractivity contribution in [2.45, 2.75) is 0 Å². The van der Waals surface area contributed by atoms with E-state index in [0.29, 0.717) is 28.2 Å². The van der Waals surface area contributed by atoms with Crippen LogP contribution in [0.15, 0.2) is 55.3 Å². The molecule has 0 radical (unpaired) electrons. The van der Waals surface area contributed by atoms with Crippen LogP contribution in [-0.4, -0.2) is 40.7 Å². The van der Waals surface area contributed by atoms with Crippen LogP contribution in [0.2, 0.25) is 0 Å². The number of anilines is 3. The molecule has 2 aromatic heterocycles. The number of aromatic nitrogens is 3. The molecule has 36 heavy (non-hydrogen) atoms. The van der Waals surface area contributed by atoms with Gasteiger partial charge in [-0.15, -0.1) is 0 Å². The standard InChI is InChI=1S/C25H21F2N5O4/c1-5-20(33)29-16-12-32(2)31-25(16)30-19-9-8-13-6-7-14(10-15(13)28-19)24(34)21-22(26)17(35-3)11-18(36-4)23(21)27/h5-12H,1H2,2-4H3,(H,29,33)(H,28,30,31). The quantitative estimate of drug-likeness (QED) is 0.277. The van der Waals surface area contributed by atoms with Gasteiger partial charge in [0.1, 0.15) is 17.1 Å². The second-order valence-electron chi connectivity index (χ2n) is 7.60. The smallest absolute Gasteiger partial charge is 0.247 e. The third-order valence-electron chi connectivity index (χ3n) is 5.27. The Kier molecular flexibility index (Phi) is 6.64. The molecule has 0 aliphatic carbocycles. The van der Waals surface area contributed by atoms with Gasteiger partial charge in [-0.2, -0.15) is 5.10 Å². The normalized spacial score (nSPS) is 10.7.